The summed E-state index contributed by atoms with van der Waals surface area (Å²) in [5.74, 6) is 0. The first-order valence-corrected chi connectivity index (χ1v) is 2.94. The maximum atomic E-state index is 8.55. The molecule has 8 heavy (non-hydrogen) atoms. The third-order valence-electron chi connectivity index (χ3n) is 0. The molecular weight excluding hydrogens is 169 g/mol. The van der Waals surface area contributed by atoms with Crippen molar-refractivity contribution in [3.05, 3.63) is 0 Å². The van der Waals surface area contributed by atoms with Gasteiger partial charge >= 0.3 is 39.9 Å². The van der Waals surface area contributed by atoms with Crippen LogP contribution in [0, 0.1) is 0 Å². The van der Waals surface area contributed by atoms with Crippen molar-refractivity contribution in [2.75, 3.05) is 0 Å². The van der Waals surface area contributed by atoms with Crippen LogP contribution >= 0.6 is 7.82 Å². The van der Waals surface area contributed by atoms with Crippen LogP contribution in [0.1, 0.15) is 0 Å². The fourth-order valence-corrected chi connectivity index (χ4v) is 0. The Kier molecular flexibility index (Phi) is 16.2. The summed E-state index contributed by atoms with van der Waals surface area (Å²) >= 11 is 1.06. The SMILES string of the molecule is O=P([O-])([O-])[O-].[Li+].[O]=[V+2]. The third-order valence-corrected chi connectivity index (χ3v) is 0. The zero-order valence-corrected chi connectivity index (χ0v) is 6.23. The minimum absolute atomic E-state index is 0. The molecule has 0 radical (unpaired) electrons. The molecule has 0 fully saturated rings. The second kappa shape index (κ2) is 8.09. The first-order chi connectivity index (χ1) is 3.00. The standard InChI is InChI=1S/Li.H3O4P.O.V/c;1-5(2,3)4;;/h;(H3,1,2,3,4);;/q+1;;;+2/p-3. The van der Waals surface area contributed by atoms with Crippen LogP contribution in [0.2, 0.25) is 0 Å². The summed E-state index contributed by atoms with van der Waals surface area (Å²) in [7, 11) is -5.39. The molecule has 0 unspecified atom stereocenters. The topological polar surface area (TPSA) is 103 Å². The molecule has 0 spiro atoms. The van der Waals surface area contributed by atoms with E-state index >= 15 is 0 Å². The van der Waals surface area contributed by atoms with Crippen molar-refractivity contribution >= 4 is 7.82 Å². The van der Waals surface area contributed by atoms with Gasteiger partial charge < -0.3 is 19.2 Å². The van der Waals surface area contributed by atoms with E-state index in [9.17, 15) is 0 Å². The molecule has 8 heteroatoms. The molecular formula is LiO5PV. The zero-order chi connectivity index (χ0) is 6.50. The number of hydrogen-bond donors (Lipinski definition) is 0. The molecule has 0 aliphatic rings. The van der Waals surface area contributed by atoms with Gasteiger partial charge in [0.05, 0.1) is 0 Å². The fraction of sp³-hybridized carbons (Fsp3) is 0. The zero-order valence-electron chi connectivity index (χ0n) is 3.94. The Hall–Kier alpha value is 1.09. The molecule has 5 nitrogen and oxygen atoms in total. The molecule has 0 saturated carbocycles. The molecule has 0 bridgehead atoms. The average molecular weight is 169 g/mol. The van der Waals surface area contributed by atoms with Crippen molar-refractivity contribution in [3.63, 3.8) is 0 Å². The van der Waals surface area contributed by atoms with Crippen LogP contribution < -0.4 is 33.5 Å². The summed E-state index contributed by atoms with van der Waals surface area (Å²) in [6, 6.07) is 0. The van der Waals surface area contributed by atoms with Crippen molar-refractivity contribution in [1.29, 1.82) is 0 Å². The van der Waals surface area contributed by atoms with E-state index in [1.54, 1.807) is 0 Å². The summed E-state index contributed by atoms with van der Waals surface area (Å²) < 4.78 is 16.7. The van der Waals surface area contributed by atoms with Gasteiger partial charge in [-0.15, -0.1) is 0 Å². The summed E-state index contributed by atoms with van der Waals surface area (Å²) in [5.41, 5.74) is 0. The maximum absolute atomic E-state index is 8.55. The van der Waals surface area contributed by atoms with Gasteiger partial charge in [0.1, 0.15) is 0 Å². The molecule has 0 saturated heterocycles. The van der Waals surface area contributed by atoms with Crippen LogP contribution in [0.3, 0.4) is 0 Å². The molecule has 0 aromatic carbocycles. The normalized spacial score (nSPS) is 8.12. The Labute approximate surface area is 67.1 Å². The van der Waals surface area contributed by atoms with Crippen LogP contribution in [0.15, 0.2) is 0 Å². The van der Waals surface area contributed by atoms with E-state index in [4.69, 9.17) is 22.9 Å². The minimum atomic E-state index is -5.39. The summed E-state index contributed by atoms with van der Waals surface area (Å²) in [6.07, 6.45) is 0. The van der Waals surface area contributed by atoms with Gasteiger partial charge in [-0.1, -0.05) is 0 Å². The molecule has 0 rings (SSSR count). The van der Waals surface area contributed by atoms with E-state index in [1.807, 2.05) is 0 Å². The Bertz CT molecular complexity index is 68.2. The fourth-order valence-electron chi connectivity index (χ4n) is 0. The van der Waals surface area contributed by atoms with E-state index in [1.165, 1.54) is 0 Å². The van der Waals surface area contributed by atoms with Gasteiger partial charge in [-0.25, -0.2) is 0 Å². The van der Waals surface area contributed by atoms with Gasteiger partial charge in [-0.2, -0.15) is 7.82 Å². The van der Waals surface area contributed by atoms with Crippen molar-refractivity contribution in [3.8, 4) is 0 Å². The van der Waals surface area contributed by atoms with Crippen molar-refractivity contribution in [1.82, 2.24) is 0 Å². The predicted molar refractivity (Wildman–Crippen MR) is 8.29 cm³/mol. The predicted octanol–water partition coefficient (Wildman–Crippen LogP) is -5.94. The van der Waals surface area contributed by atoms with Gasteiger partial charge in [0.2, 0.25) is 0 Å². The molecule has 41 valence electrons. The van der Waals surface area contributed by atoms with Crippen LogP contribution in [0.25, 0.3) is 0 Å². The molecule has 0 atom stereocenters. The van der Waals surface area contributed by atoms with Crippen LogP contribution in [-0.2, 0) is 25.6 Å². The number of phosphoric acid groups is 1. The van der Waals surface area contributed by atoms with Gasteiger partial charge in [-0.3, -0.25) is 0 Å². The van der Waals surface area contributed by atoms with Gasteiger partial charge in [0, 0.05) is 0 Å². The Morgan fingerprint density at radius 3 is 1.12 bits per heavy atom. The quantitative estimate of drug-likeness (QED) is 0.265. The Morgan fingerprint density at radius 2 is 1.12 bits per heavy atom. The van der Waals surface area contributed by atoms with Gasteiger partial charge in [0.15, 0.2) is 0 Å². The van der Waals surface area contributed by atoms with E-state index in [2.05, 4.69) is 0 Å². The first kappa shape index (κ1) is 16.0. The van der Waals surface area contributed by atoms with Crippen molar-refractivity contribution in [2.45, 2.75) is 0 Å². The van der Waals surface area contributed by atoms with E-state index < -0.39 is 7.82 Å². The van der Waals surface area contributed by atoms with Crippen LogP contribution in [-0.4, -0.2) is 0 Å². The van der Waals surface area contributed by atoms with Crippen molar-refractivity contribution < 1.29 is 59.1 Å². The summed E-state index contributed by atoms with van der Waals surface area (Å²) in [6.45, 7) is 0. The van der Waals surface area contributed by atoms with Crippen LogP contribution in [0.4, 0.5) is 0 Å². The molecule has 0 aliphatic heterocycles. The van der Waals surface area contributed by atoms with E-state index in [-0.39, 0.29) is 18.9 Å². The number of hydrogen-bond acceptors (Lipinski definition) is 5. The van der Waals surface area contributed by atoms with Crippen LogP contribution in [0.5, 0.6) is 0 Å². The third kappa shape index (κ3) is 221. The molecule has 0 aliphatic carbocycles. The van der Waals surface area contributed by atoms with Crippen molar-refractivity contribution in [2.24, 2.45) is 0 Å². The first-order valence-electron chi connectivity index (χ1n) is 0.913. The average Bonchev–Trinajstić information content (AvgIpc) is 1.36. The second-order valence-electron chi connectivity index (χ2n) is 0.447. The Balaban J connectivity index is -0.0000000750. The molecule has 0 aromatic rings. The van der Waals surface area contributed by atoms with E-state index in [0.29, 0.717) is 0 Å². The monoisotopic (exact) mass is 169 g/mol. The molecule has 0 aromatic heterocycles. The molecule has 0 heterocycles. The van der Waals surface area contributed by atoms with Gasteiger partial charge in [-0.05, 0) is 0 Å². The van der Waals surface area contributed by atoms with Gasteiger partial charge in [0.25, 0.3) is 0 Å². The Morgan fingerprint density at radius 1 is 1.12 bits per heavy atom. The summed E-state index contributed by atoms with van der Waals surface area (Å²) in [5, 5.41) is 0. The second-order valence-corrected chi connectivity index (χ2v) is 1.34. The molecule has 0 N–H and O–H groups in total. The number of rotatable bonds is 0. The van der Waals surface area contributed by atoms with E-state index in [0.717, 1.165) is 17.4 Å². The summed E-state index contributed by atoms with van der Waals surface area (Å²) in [4.78, 5) is 25.6. The molecule has 0 amide bonds.